The lowest BCUT2D eigenvalue weighted by Gasteiger charge is -2.14. The first-order valence-electron chi connectivity index (χ1n) is 43.6. The summed E-state index contributed by atoms with van der Waals surface area (Å²) in [6.07, 6.45) is 14.5. The first kappa shape index (κ1) is 70.9. The average molecular weight is 1590 g/mol. The molecule has 0 saturated carbocycles. The molecule has 0 spiro atoms. The van der Waals surface area contributed by atoms with E-state index in [1.807, 2.05) is 37.1 Å². The summed E-state index contributed by atoms with van der Waals surface area (Å²) in [4.78, 5) is 18.1. The van der Waals surface area contributed by atoms with Gasteiger partial charge in [-0.25, -0.2) is 0 Å². The largest absolute Gasteiger partial charge is 0.264 e. The molecule has 5 aliphatic carbocycles. The van der Waals surface area contributed by atoms with Crippen LogP contribution in [0.15, 0.2) is 401 Å². The van der Waals surface area contributed by atoms with Gasteiger partial charge in [0.15, 0.2) is 0 Å². The van der Waals surface area contributed by atoms with Gasteiger partial charge in [-0.2, -0.15) is 0 Å². The number of fused-ring (bicyclic) bond motifs is 38. The van der Waals surface area contributed by atoms with Crippen LogP contribution in [0.1, 0.15) is 55.9 Å². The number of pyridine rings is 4. The summed E-state index contributed by atoms with van der Waals surface area (Å²) in [5, 5.41) is 38.1. The van der Waals surface area contributed by atoms with Gasteiger partial charge in [0, 0.05) is 71.1 Å². The van der Waals surface area contributed by atoms with Gasteiger partial charge in [-0.05, 0) is 358 Å². The number of rotatable bonds is 0. The maximum atomic E-state index is 4.94. The Kier molecular flexibility index (Phi) is 16.1. The summed E-state index contributed by atoms with van der Waals surface area (Å²) in [5.41, 5.74) is 28.7. The molecular formula is C121H76N4. The summed E-state index contributed by atoms with van der Waals surface area (Å²) in [6, 6.07) is 136. The molecule has 0 radical (unpaired) electrons. The van der Waals surface area contributed by atoms with Gasteiger partial charge < -0.3 is 0 Å². The fourth-order valence-electron chi connectivity index (χ4n) is 21.7. The fraction of sp³-hybridized carbons (Fsp3) is 0.0413. The van der Waals surface area contributed by atoms with E-state index in [9.17, 15) is 0 Å². The molecule has 0 saturated heterocycles. The van der Waals surface area contributed by atoms with E-state index in [0.717, 1.165) is 37.6 Å². The molecule has 0 bridgehead atoms. The third kappa shape index (κ3) is 11.7. The van der Waals surface area contributed by atoms with Gasteiger partial charge in [0.2, 0.25) is 0 Å². The molecule has 0 unspecified atom stereocenters. The highest BCUT2D eigenvalue weighted by Crippen LogP contribution is 2.52. The third-order valence-electron chi connectivity index (χ3n) is 27.5. The van der Waals surface area contributed by atoms with Crippen LogP contribution in [0.4, 0.5) is 0 Å². The van der Waals surface area contributed by atoms with Crippen molar-refractivity contribution in [3.63, 3.8) is 0 Å². The summed E-state index contributed by atoms with van der Waals surface area (Å²) in [6.45, 7) is 0. The van der Waals surface area contributed by atoms with Crippen LogP contribution in [0.25, 0.3) is 217 Å². The normalized spacial score (nSPS) is 12.6. The Balaban J connectivity index is 0.0000000836. The molecule has 0 aliphatic heterocycles. The summed E-state index contributed by atoms with van der Waals surface area (Å²) in [5.74, 6) is 0. The second-order valence-electron chi connectivity index (χ2n) is 34.6. The third-order valence-corrected chi connectivity index (χ3v) is 27.5. The van der Waals surface area contributed by atoms with Crippen LogP contribution in [0.3, 0.4) is 0 Å². The van der Waals surface area contributed by atoms with E-state index >= 15 is 0 Å². The van der Waals surface area contributed by atoms with Crippen molar-refractivity contribution in [2.45, 2.75) is 32.1 Å². The minimum absolute atomic E-state index is 0.929. The molecular weight excluding hydrogens is 1510 g/mol. The molecule has 30 rings (SSSR count). The van der Waals surface area contributed by atoms with Crippen LogP contribution < -0.4 is 0 Å². The highest BCUT2D eigenvalue weighted by atomic mass is 14.7. The number of hydrogen-bond acceptors (Lipinski definition) is 4. The number of nitrogens with zero attached hydrogens (tertiary/aromatic N) is 4. The fourth-order valence-corrected chi connectivity index (χ4v) is 21.7. The Labute approximate surface area is 721 Å². The monoisotopic (exact) mass is 1580 g/mol. The van der Waals surface area contributed by atoms with Crippen LogP contribution in [0.5, 0.6) is 0 Å². The standard InChI is InChI=1S/C29H18.3C24H15N.C20H13N/c1-2-8-19-16-26-20(15-18(19)7-1)13-14-21-17-27-24-11-4-3-9-22(24)23-10-5-6-12-25(23)29(27)28(21)26;1-2-6-16-12-20-17(11-15(16)5-1)9-10-19-14-23-21(24(19)20)13-18-7-3-4-8-22(18)25-23;1-2-4-16-12-22-18(9-15(16)3-1)5-6-19-10-20-11-21-14-25-8-7-17(21)13-23(20)24(19)22;1-2-4-16-12-22-18(9-15(16)3-1)5-6-19-11-20-10-17-7-8-25-14-21(17)13-23(20)24(19)22;1-2-5-14-11-18-15(10-13(14)4-1)7-8-16-12-19-17(20(16)18)6-3-9-21-19/h1-16H,17H2;1-13H,14H2;1-9,11-14H,10H2;1-10,12-14H,11H2;1-11H,12H2. The van der Waals surface area contributed by atoms with E-state index in [1.165, 1.54) is 268 Å². The molecule has 0 N–H and O–H groups in total. The highest BCUT2D eigenvalue weighted by molar-refractivity contribution is 6.22. The number of para-hydroxylation sites is 1. The van der Waals surface area contributed by atoms with Gasteiger partial charge in [0.05, 0.1) is 16.9 Å². The van der Waals surface area contributed by atoms with Gasteiger partial charge in [0.1, 0.15) is 0 Å². The van der Waals surface area contributed by atoms with Crippen molar-refractivity contribution >= 4 is 162 Å². The van der Waals surface area contributed by atoms with E-state index < -0.39 is 0 Å². The topological polar surface area (TPSA) is 51.6 Å². The van der Waals surface area contributed by atoms with Crippen LogP contribution >= 0.6 is 0 Å². The molecule has 4 aromatic heterocycles. The molecule has 580 valence electrons. The maximum absolute atomic E-state index is 4.94. The SMILES string of the molecule is c1ccc2cc3c4c(ccc3cc2c1)Cc1c-4c2ccccc2c2ccccc12.c1ccc2cc3c4c(ccc3cc2c1)Cc1cc2ccncc2cc1-4.c1ccc2cc3c4c(ccc3cc2c1)Cc1cc2cnccc2cc1-4.c1ccc2cc3c4c(ccc3cc2c1)Cc1nc2ccccc2cc1-4.c1cnc2c(c1)-c1c(ccc3cc4ccccc4cc13)C2. The average Bonchev–Trinajstić information content (AvgIpc) is 1.55. The zero-order valence-corrected chi connectivity index (χ0v) is 68.4. The van der Waals surface area contributed by atoms with Crippen LogP contribution in [-0.2, 0) is 32.1 Å². The minimum atomic E-state index is 0.929. The van der Waals surface area contributed by atoms with Gasteiger partial charge in [-0.3, -0.25) is 19.9 Å². The van der Waals surface area contributed by atoms with E-state index in [1.54, 1.807) is 0 Å². The lowest BCUT2D eigenvalue weighted by molar-refractivity contribution is 1.12. The summed E-state index contributed by atoms with van der Waals surface area (Å²) >= 11 is 0. The predicted molar refractivity (Wildman–Crippen MR) is 527 cm³/mol. The van der Waals surface area contributed by atoms with Crippen LogP contribution in [0, 0.1) is 0 Å². The first-order chi connectivity index (χ1) is 61.9. The zero-order valence-electron chi connectivity index (χ0n) is 68.4. The van der Waals surface area contributed by atoms with Crippen molar-refractivity contribution in [2.75, 3.05) is 0 Å². The molecule has 4 nitrogen and oxygen atoms in total. The summed E-state index contributed by atoms with van der Waals surface area (Å²) < 4.78 is 0. The van der Waals surface area contributed by atoms with Gasteiger partial charge in [-0.1, -0.05) is 261 Å². The molecule has 4 heteroatoms. The van der Waals surface area contributed by atoms with Gasteiger partial charge >= 0.3 is 0 Å². The van der Waals surface area contributed by atoms with E-state index in [-0.39, 0.29) is 0 Å². The maximum Gasteiger partial charge on any atom is 0.0705 e. The minimum Gasteiger partial charge on any atom is -0.264 e. The lowest BCUT2D eigenvalue weighted by Crippen LogP contribution is -1.88. The van der Waals surface area contributed by atoms with Crippen molar-refractivity contribution in [3.05, 3.63) is 457 Å². The molecule has 25 aromatic rings. The lowest BCUT2D eigenvalue weighted by atomic mass is 9.89. The number of hydrogen-bond donors (Lipinski definition) is 0. The second kappa shape index (κ2) is 28.4. The molecule has 4 heterocycles. The molecule has 0 amide bonds. The van der Waals surface area contributed by atoms with Crippen molar-refractivity contribution in [2.24, 2.45) is 0 Å². The molecule has 125 heavy (non-hydrogen) atoms. The van der Waals surface area contributed by atoms with Crippen molar-refractivity contribution in [3.8, 4) is 55.6 Å². The predicted octanol–water partition coefficient (Wildman–Crippen LogP) is 31.2. The first-order valence-corrected chi connectivity index (χ1v) is 43.6. The van der Waals surface area contributed by atoms with E-state index in [2.05, 4.69) is 379 Å². The van der Waals surface area contributed by atoms with Crippen LogP contribution in [-0.4, -0.2) is 19.9 Å². The van der Waals surface area contributed by atoms with Gasteiger partial charge in [0.25, 0.3) is 0 Å². The molecule has 21 aromatic carbocycles. The Hall–Kier alpha value is -15.9. The highest BCUT2D eigenvalue weighted by Gasteiger charge is 2.30. The smallest absolute Gasteiger partial charge is 0.0705 e. The van der Waals surface area contributed by atoms with E-state index in [0.29, 0.717) is 0 Å². The Morgan fingerprint density at radius 1 is 0.168 bits per heavy atom. The number of benzene rings is 21. The van der Waals surface area contributed by atoms with Crippen molar-refractivity contribution in [1.29, 1.82) is 0 Å². The number of aromatic nitrogens is 4. The Morgan fingerprint density at radius 2 is 0.504 bits per heavy atom. The van der Waals surface area contributed by atoms with Crippen molar-refractivity contribution < 1.29 is 0 Å². The quantitative estimate of drug-likeness (QED) is 0.112. The van der Waals surface area contributed by atoms with Crippen molar-refractivity contribution in [1.82, 2.24) is 19.9 Å². The Morgan fingerprint density at radius 3 is 0.992 bits per heavy atom. The molecule has 0 atom stereocenters. The summed E-state index contributed by atoms with van der Waals surface area (Å²) in [7, 11) is 0. The zero-order chi connectivity index (χ0) is 81.9. The second-order valence-corrected chi connectivity index (χ2v) is 34.6. The molecule has 0 fully saturated rings. The molecule has 5 aliphatic rings. The van der Waals surface area contributed by atoms with Gasteiger partial charge in [-0.15, -0.1) is 0 Å². The Bertz CT molecular complexity index is 8490. The van der Waals surface area contributed by atoms with Crippen LogP contribution in [0.2, 0.25) is 0 Å². The van der Waals surface area contributed by atoms with E-state index in [4.69, 9.17) is 4.98 Å².